The molecule has 0 aromatic heterocycles. The lowest BCUT2D eigenvalue weighted by Gasteiger charge is -2.14. The van der Waals surface area contributed by atoms with Gasteiger partial charge in [0.25, 0.3) is 11.6 Å². The average Bonchev–Trinajstić information content (AvgIpc) is 2.75. The standard InChI is InChI=1S/C20H22ClN3O8S/c1-3-31-15-5-7-16(8-6-15)33(29,30)22-11-10-19(25)32-13(2)20(26)23-18-9-4-14(24(27)28)12-17(18)21/h4-9,12-13,22H,3,10-11H2,1-2H3,(H,23,26). The smallest absolute Gasteiger partial charge is 0.307 e. The van der Waals surface area contributed by atoms with Crippen molar-refractivity contribution in [1.82, 2.24) is 4.72 Å². The van der Waals surface area contributed by atoms with Gasteiger partial charge in [0.2, 0.25) is 10.0 Å². The molecule has 0 aliphatic heterocycles. The number of nitrogens with zero attached hydrogens (tertiary/aromatic N) is 1. The van der Waals surface area contributed by atoms with Gasteiger partial charge in [-0.1, -0.05) is 11.6 Å². The minimum Gasteiger partial charge on any atom is -0.494 e. The predicted octanol–water partition coefficient (Wildman–Crippen LogP) is 2.89. The number of ether oxygens (including phenoxy) is 2. The topological polar surface area (TPSA) is 154 Å². The van der Waals surface area contributed by atoms with Crippen molar-refractivity contribution in [2.45, 2.75) is 31.3 Å². The largest absolute Gasteiger partial charge is 0.494 e. The van der Waals surface area contributed by atoms with Gasteiger partial charge in [0.1, 0.15) is 5.75 Å². The molecule has 0 aliphatic rings. The lowest BCUT2D eigenvalue weighted by Crippen LogP contribution is -2.32. The van der Waals surface area contributed by atoms with Crippen LogP contribution in [0.2, 0.25) is 5.02 Å². The van der Waals surface area contributed by atoms with Crippen LogP contribution in [-0.2, 0) is 24.3 Å². The Morgan fingerprint density at radius 2 is 1.85 bits per heavy atom. The lowest BCUT2D eigenvalue weighted by molar-refractivity contribution is -0.384. The summed E-state index contributed by atoms with van der Waals surface area (Å²) in [7, 11) is -3.84. The van der Waals surface area contributed by atoms with Crippen molar-refractivity contribution in [1.29, 1.82) is 0 Å². The summed E-state index contributed by atoms with van der Waals surface area (Å²) in [6.45, 7) is 3.33. The van der Waals surface area contributed by atoms with Gasteiger partial charge in [-0.15, -0.1) is 0 Å². The molecular weight excluding hydrogens is 478 g/mol. The summed E-state index contributed by atoms with van der Waals surface area (Å²) in [5, 5.41) is 13.1. The average molecular weight is 500 g/mol. The number of rotatable bonds is 11. The molecule has 0 heterocycles. The molecule has 0 aliphatic carbocycles. The third-order valence-electron chi connectivity index (χ3n) is 4.17. The number of halogens is 1. The molecule has 2 N–H and O–H groups in total. The number of anilines is 1. The minimum atomic E-state index is -3.84. The Labute approximate surface area is 195 Å². The van der Waals surface area contributed by atoms with E-state index in [0.717, 1.165) is 12.1 Å². The summed E-state index contributed by atoms with van der Waals surface area (Å²) in [6.07, 6.45) is -1.53. The Hall–Kier alpha value is -3.22. The van der Waals surface area contributed by atoms with Crippen LogP contribution in [0.3, 0.4) is 0 Å². The highest BCUT2D eigenvalue weighted by Gasteiger charge is 2.21. The minimum absolute atomic E-state index is 0.00652. The Morgan fingerprint density at radius 3 is 2.42 bits per heavy atom. The van der Waals surface area contributed by atoms with Crippen LogP contribution in [0.15, 0.2) is 47.4 Å². The maximum atomic E-state index is 12.3. The number of hydrogen-bond donors (Lipinski definition) is 2. The molecule has 11 nitrogen and oxygen atoms in total. The SMILES string of the molecule is CCOc1ccc(S(=O)(=O)NCCC(=O)OC(C)C(=O)Nc2ccc([N+](=O)[O-])cc2Cl)cc1. The van der Waals surface area contributed by atoms with Crippen molar-refractivity contribution in [2.75, 3.05) is 18.5 Å². The molecule has 0 fully saturated rings. The molecule has 178 valence electrons. The number of non-ortho nitro benzene ring substituents is 1. The number of nitrogens with one attached hydrogen (secondary N) is 2. The van der Waals surface area contributed by atoms with E-state index in [-0.39, 0.29) is 34.3 Å². The van der Waals surface area contributed by atoms with Crippen LogP contribution in [-0.4, -0.2) is 44.5 Å². The number of benzene rings is 2. The second-order valence-corrected chi connectivity index (χ2v) is 8.77. The Bertz CT molecular complexity index is 1120. The van der Waals surface area contributed by atoms with E-state index in [1.807, 2.05) is 0 Å². The van der Waals surface area contributed by atoms with Crippen molar-refractivity contribution in [2.24, 2.45) is 0 Å². The number of nitro benzene ring substituents is 1. The molecule has 13 heteroatoms. The third kappa shape index (κ3) is 7.70. The van der Waals surface area contributed by atoms with Crippen LogP contribution in [0.1, 0.15) is 20.3 Å². The molecule has 1 unspecified atom stereocenters. The maximum Gasteiger partial charge on any atom is 0.307 e. The highest BCUT2D eigenvalue weighted by atomic mass is 35.5. The molecule has 0 saturated heterocycles. The van der Waals surface area contributed by atoms with Gasteiger partial charge in [-0.3, -0.25) is 19.7 Å². The Morgan fingerprint density at radius 1 is 1.18 bits per heavy atom. The Balaban J connectivity index is 1.83. The first kappa shape index (κ1) is 26.0. The lowest BCUT2D eigenvalue weighted by atomic mass is 10.2. The van der Waals surface area contributed by atoms with Crippen LogP contribution in [0.5, 0.6) is 5.75 Å². The second kappa shape index (κ2) is 11.6. The van der Waals surface area contributed by atoms with E-state index in [2.05, 4.69) is 10.0 Å². The number of nitro groups is 1. The van der Waals surface area contributed by atoms with Crippen LogP contribution in [0.4, 0.5) is 11.4 Å². The molecule has 1 atom stereocenters. The number of esters is 1. The van der Waals surface area contributed by atoms with E-state index in [0.29, 0.717) is 12.4 Å². The van der Waals surface area contributed by atoms with E-state index in [1.165, 1.54) is 37.3 Å². The summed E-state index contributed by atoms with van der Waals surface area (Å²) >= 11 is 5.91. The third-order valence-corrected chi connectivity index (χ3v) is 5.95. The zero-order chi connectivity index (χ0) is 24.6. The first-order valence-corrected chi connectivity index (χ1v) is 11.6. The van der Waals surface area contributed by atoms with Crippen LogP contribution < -0.4 is 14.8 Å². The molecule has 2 aromatic carbocycles. The van der Waals surface area contributed by atoms with Gasteiger partial charge in [0.15, 0.2) is 6.10 Å². The van der Waals surface area contributed by atoms with Gasteiger partial charge in [-0.25, -0.2) is 13.1 Å². The number of carbonyl (C=O) groups excluding carboxylic acids is 2. The molecule has 33 heavy (non-hydrogen) atoms. The second-order valence-electron chi connectivity index (χ2n) is 6.59. The number of hydrogen-bond acceptors (Lipinski definition) is 8. The maximum absolute atomic E-state index is 12.3. The fraction of sp³-hybridized carbons (Fsp3) is 0.300. The molecule has 0 bridgehead atoms. The van der Waals surface area contributed by atoms with Crippen molar-refractivity contribution in [3.05, 3.63) is 57.6 Å². The molecule has 1 amide bonds. The van der Waals surface area contributed by atoms with Gasteiger partial charge >= 0.3 is 5.97 Å². The number of amides is 1. The monoisotopic (exact) mass is 499 g/mol. The molecule has 0 saturated carbocycles. The quantitative estimate of drug-likeness (QED) is 0.272. The summed E-state index contributed by atoms with van der Waals surface area (Å²) in [5.41, 5.74) is -0.136. The first-order valence-electron chi connectivity index (χ1n) is 9.70. The molecule has 2 aromatic rings. The van der Waals surface area contributed by atoms with E-state index >= 15 is 0 Å². The van der Waals surface area contributed by atoms with Gasteiger partial charge in [-0.2, -0.15) is 0 Å². The molecule has 2 rings (SSSR count). The molecule has 0 spiro atoms. The van der Waals surface area contributed by atoms with Crippen molar-refractivity contribution in [3.63, 3.8) is 0 Å². The van der Waals surface area contributed by atoms with Crippen LogP contribution in [0, 0.1) is 10.1 Å². The number of sulfonamides is 1. The van der Waals surface area contributed by atoms with E-state index < -0.39 is 32.9 Å². The number of carbonyl (C=O) groups is 2. The predicted molar refractivity (Wildman–Crippen MR) is 120 cm³/mol. The van der Waals surface area contributed by atoms with E-state index in [9.17, 15) is 28.1 Å². The summed E-state index contributed by atoms with van der Waals surface area (Å²) in [4.78, 5) is 34.3. The first-order chi connectivity index (χ1) is 15.5. The van der Waals surface area contributed by atoms with Gasteiger partial charge in [0, 0.05) is 18.7 Å². The molecular formula is C20H22ClN3O8S. The van der Waals surface area contributed by atoms with Crippen molar-refractivity contribution >= 4 is 44.9 Å². The fourth-order valence-electron chi connectivity index (χ4n) is 2.52. The van der Waals surface area contributed by atoms with E-state index in [1.54, 1.807) is 6.92 Å². The van der Waals surface area contributed by atoms with Gasteiger partial charge < -0.3 is 14.8 Å². The zero-order valence-electron chi connectivity index (χ0n) is 17.7. The Kier molecular flexibility index (Phi) is 9.14. The van der Waals surface area contributed by atoms with E-state index in [4.69, 9.17) is 21.1 Å². The van der Waals surface area contributed by atoms with Gasteiger partial charge in [0.05, 0.1) is 33.6 Å². The fourth-order valence-corrected chi connectivity index (χ4v) is 3.77. The normalized spacial score (nSPS) is 12.0. The summed E-state index contributed by atoms with van der Waals surface area (Å²) in [5.74, 6) is -0.988. The van der Waals surface area contributed by atoms with Crippen molar-refractivity contribution < 1.29 is 32.4 Å². The highest BCUT2D eigenvalue weighted by Crippen LogP contribution is 2.26. The highest BCUT2D eigenvalue weighted by molar-refractivity contribution is 7.89. The molecule has 0 radical (unpaired) electrons. The van der Waals surface area contributed by atoms with Crippen LogP contribution in [0.25, 0.3) is 0 Å². The van der Waals surface area contributed by atoms with Crippen LogP contribution >= 0.6 is 11.6 Å². The van der Waals surface area contributed by atoms with Gasteiger partial charge in [-0.05, 0) is 44.2 Å². The van der Waals surface area contributed by atoms with Crippen molar-refractivity contribution in [3.8, 4) is 5.75 Å². The summed E-state index contributed by atoms with van der Waals surface area (Å²) < 4.78 is 37.1. The zero-order valence-corrected chi connectivity index (χ0v) is 19.3. The summed E-state index contributed by atoms with van der Waals surface area (Å²) in [6, 6.07) is 9.28.